The van der Waals surface area contributed by atoms with Gasteiger partial charge in [0, 0.05) is 26.3 Å². The molecular formula is C44H83ClFN3O3. The van der Waals surface area contributed by atoms with Gasteiger partial charge in [-0.3, -0.25) is 4.79 Å². The van der Waals surface area contributed by atoms with E-state index in [1.54, 1.807) is 12.1 Å². The van der Waals surface area contributed by atoms with Crippen molar-refractivity contribution < 1.29 is 18.7 Å². The largest absolute Gasteiger partial charge is 0.379 e. The highest BCUT2D eigenvalue weighted by Crippen LogP contribution is 2.14. The van der Waals surface area contributed by atoms with Crippen LogP contribution in [0.3, 0.4) is 0 Å². The van der Waals surface area contributed by atoms with E-state index in [1.807, 2.05) is 0 Å². The minimum Gasteiger partial charge on any atom is -0.379 e. The fourth-order valence-electron chi connectivity index (χ4n) is 6.62. The number of halogens is 2. The molecule has 0 aliphatic rings. The second kappa shape index (κ2) is 39.4. The molecule has 1 rings (SSSR count). The Morgan fingerprint density at radius 3 is 1.60 bits per heavy atom. The van der Waals surface area contributed by atoms with Gasteiger partial charge in [-0.25, -0.2) is 4.39 Å². The summed E-state index contributed by atoms with van der Waals surface area (Å²) in [4.78, 5) is 13.3. The van der Waals surface area contributed by atoms with Gasteiger partial charge in [0.2, 0.25) is 5.91 Å². The molecule has 6 nitrogen and oxygen atoms in total. The van der Waals surface area contributed by atoms with Crippen LogP contribution >= 0.6 is 12.4 Å². The molecule has 1 aromatic carbocycles. The summed E-state index contributed by atoms with van der Waals surface area (Å²) in [6.45, 7) is 8.03. The molecule has 0 bridgehead atoms. The molecule has 52 heavy (non-hydrogen) atoms. The van der Waals surface area contributed by atoms with Crippen molar-refractivity contribution in [3.63, 3.8) is 0 Å². The number of unbranched alkanes of at least 4 members (excludes halogenated alkanes) is 23. The number of nitrogens with one attached hydrogen (secondary N) is 2. The van der Waals surface area contributed by atoms with Crippen molar-refractivity contribution in [3.8, 4) is 0 Å². The van der Waals surface area contributed by atoms with Crippen molar-refractivity contribution >= 4 is 18.3 Å². The highest BCUT2D eigenvalue weighted by Gasteiger charge is 2.19. The summed E-state index contributed by atoms with van der Waals surface area (Å²) in [5.41, 5.74) is 6.68. The summed E-state index contributed by atoms with van der Waals surface area (Å²) < 4.78 is 25.8. The number of rotatable bonds is 39. The second-order valence-corrected chi connectivity index (χ2v) is 14.9. The van der Waals surface area contributed by atoms with E-state index in [0.29, 0.717) is 39.3 Å². The molecule has 0 heterocycles. The number of carbonyl (C=O) groups is 1. The quantitative estimate of drug-likeness (QED) is 0.0583. The summed E-state index contributed by atoms with van der Waals surface area (Å²) in [6, 6.07) is 6.07. The van der Waals surface area contributed by atoms with E-state index in [4.69, 9.17) is 15.2 Å². The molecule has 2 atom stereocenters. The molecule has 0 aliphatic carbocycles. The highest BCUT2D eigenvalue weighted by molar-refractivity contribution is 5.85. The summed E-state index contributed by atoms with van der Waals surface area (Å²) in [7, 11) is 0. The van der Waals surface area contributed by atoms with Crippen LogP contribution in [-0.4, -0.2) is 51.0 Å². The molecule has 4 N–H and O–H groups in total. The third-order valence-electron chi connectivity index (χ3n) is 10.0. The highest BCUT2D eigenvalue weighted by atomic mass is 35.5. The first kappa shape index (κ1) is 50.8. The zero-order valence-electron chi connectivity index (χ0n) is 33.9. The molecule has 0 saturated heterocycles. The average molecular weight is 757 g/mol. The van der Waals surface area contributed by atoms with E-state index in [0.717, 1.165) is 37.9 Å². The van der Waals surface area contributed by atoms with Gasteiger partial charge < -0.3 is 25.8 Å². The minimum atomic E-state index is -0.347. The molecule has 0 radical (unpaired) electrons. The number of hydrogen-bond donors (Lipinski definition) is 3. The normalized spacial score (nSPS) is 12.5. The Hall–Kier alpha value is -1.25. The van der Waals surface area contributed by atoms with E-state index in [1.165, 1.54) is 153 Å². The first-order chi connectivity index (χ1) is 25.1. The Labute approximate surface area is 326 Å². The lowest BCUT2D eigenvalue weighted by Gasteiger charge is -2.22. The molecule has 0 aromatic heterocycles. The second-order valence-electron chi connectivity index (χ2n) is 14.9. The Bertz CT molecular complexity index is 879. The van der Waals surface area contributed by atoms with Gasteiger partial charge in [0.1, 0.15) is 5.82 Å². The molecule has 306 valence electrons. The Balaban J connectivity index is 0.0000260. The Morgan fingerprint density at radius 2 is 1.12 bits per heavy atom. The van der Waals surface area contributed by atoms with Crippen LogP contribution in [0.4, 0.5) is 4.39 Å². The van der Waals surface area contributed by atoms with Gasteiger partial charge in [0.05, 0.1) is 18.8 Å². The summed E-state index contributed by atoms with van der Waals surface area (Å²) in [6.07, 6.45) is 34.0. The first-order valence-electron chi connectivity index (χ1n) is 21.8. The van der Waals surface area contributed by atoms with Gasteiger partial charge in [-0.05, 0) is 49.9 Å². The monoisotopic (exact) mass is 756 g/mol. The maximum Gasteiger partial charge on any atom is 0.237 e. The summed E-state index contributed by atoms with van der Waals surface area (Å²) in [5, 5.41) is 6.54. The standard InChI is InChI=1S/C44H82FN3O3.ClH/c1-3-5-7-9-11-13-15-17-19-21-23-27-35-50-39-42(51-36-28-24-22-20-18-16-14-12-10-8-6-4-2)38-48-44(49)43(29-25-26-34-46)47-37-40-30-32-41(45)33-31-40;/h30-33,42-43,47H,3-29,34-39,46H2,1-2H3,(H,48,49);1H/t42?,43-;/m0./s1. The number of hydrogen-bond acceptors (Lipinski definition) is 5. The zero-order chi connectivity index (χ0) is 36.9. The summed E-state index contributed by atoms with van der Waals surface area (Å²) >= 11 is 0. The maximum absolute atomic E-state index is 13.4. The smallest absolute Gasteiger partial charge is 0.237 e. The third-order valence-corrected chi connectivity index (χ3v) is 10.0. The Kier molecular flexibility index (Phi) is 38.5. The van der Waals surface area contributed by atoms with Crippen molar-refractivity contribution in [2.75, 3.05) is 32.9 Å². The zero-order valence-corrected chi connectivity index (χ0v) is 34.7. The predicted octanol–water partition coefficient (Wildman–Crippen LogP) is 11.8. The third kappa shape index (κ3) is 32.2. The van der Waals surface area contributed by atoms with Gasteiger partial charge in [-0.1, -0.05) is 174 Å². The van der Waals surface area contributed by atoms with Crippen LogP contribution in [0.1, 0.15) is 193 Å². The molecule has 0 aliphatic heterocycles. The van der Waals surface area contributed by atoms with Crippen molar-refractivity contribution in [3.05, 3.63) is 35.6 Å². The van der Waals surface area contributed by atoms with E-state index < -0.39 is 0 Å². The van der Waals surface area contributed by atoms with E-state index in [-0.39, 0.29) is 36.3 Å². The predicted molar refractivity (Wildman–Crippen MR) is 223 cm³/mol. The van der Waals surface area contributed by atoms with Gasteiger partial charge in [-0.2, -0.15) is 0 Å². The average Bonchev–Trinajstić information content (AvgIpc) is 3.14. The number of ether oxygens (including phenoxy) is 2. The van der Waals surface area contributed by atoms with Crippen LogP contribution in [-0.2, 0) is 20.8 Å². The van der Waals surface area contributed by atoms with Crippen LogP contribution in [0.5, 0.6) is 0 Å². The number of benzene rings is 1. The van der Waals surface area contributed by atoms with Crippen LogP contribution < -0.4 is 16.4 Å². The van der Waals surface area contributed by atoms with Crippen molar-refractivity contribution in [1.29, 1.82) is 0 Å². The molecule has 8 heteroatoms. The first-order valence-corrected chi connectivity index (χ1v) is 21.8. The lowest BCUT2D eigenvalue weighted by Crippen LogP contribution is -2.47. The number of carbonyl (C=O) groups excluding carboxylic acids is 1. The molecule has 1 aromatic rings. The van der Waals surface area contributed by atoms with Gasteiger partial charge >= 0.3 is 0 Å². The molecular weight excluding hydrogens is 673 g/mol. The van der Waals surface area contributed by atoms with Gasteiger partial charge in [0.15, 0.2) is 0 Å². The topological polar surface area (TPSA) is 85.6 Å². The lowest BCUT2D eigenvalue weighted by atomic mass is 10.1. The molecule has 1 unspecified atom stereocenters. The van der Waals surface area contributed by atoms with Crippen molar-refractivity contribution in [2.45, 2.75) is 206 Å². The van der Waals surface area contributed by atoms with E-state index >= 15 is 0 Å². The van der Waals surface area contributed by atoms with Crippen LogP contribution in [0.25, 0.3) is 0 Å². The SMILES string of the molecule is CCCCCCCCCCCCCCOCC(CNC(=O)[C@H](CCCCN)NCc1ccc(F)cc1)OCCCCCCCCCCCCCC.Cl. The lowest BCUT2D eigenvalue weighted by molar-refractivity contribution is -0.124. The minimum absolute atomic E-state index is 0. The van der Waals surface area contributed by atoms with E-state index in [9.17, 15) is 9.18 Å². The molecule has 0 saturated carbocycles. The van der Waals surface area contributed by atoms with E-state index in [2.05, 4.69) is 24.5 Å². The number of nitrogens with two attached hydrogens (primary N) is 1. The molecule has 1 amide bonds. The van der Waals surface area contributed by atoms with Crippen molar-refractivity contribution in [2.24, 2.45) is 5.73 Å². The number of amides is 1. The fraction of sp³-hybridized carbons (Fsp3) is 0.841. The van der Waals surface area contributed by atoms with Crippen molar-refractivity contribution in [1.82, 2.24) is 10.6 Å². The van der Waals surface area contributed by atoms with Gasteiger partial charge in [0.25, 0.3) is 0 Å². The van der Waals surface area contributed by atoms with Crippen LogP contribution in [0.15, 0.2) is 24.3 Å². The molecule has 0 fully saturated rings. The van der Waals surface area contributed by atoms with Crippen LogP contribution in [0.2, 0.25) is 0 Å². The maximum atomic E-state index is 13.4. The Morgan fingerprint density at radius 1 is 0.654 bits per heavy atom. The van der Waals surface area contributed by atoms with Gasteiger partial charge in [-0.15, -0.1) is 12.4 Å². The molecule has 0 spiro atoms. The van der Waals surface area contributed by atoms with Crippen LogP contribution in [0, 0.1) is 5.82 Å². The summed E-state index contributed by atoms with van der Waals surface area (Å²) in [5.74, 6) is -0.291. The fourth-order valence-corrected chi connectivity index (χ4v) is 6.62.